The number of carbonyl (C=O) groups excluding carboxylic acids is 2. The Morgan fingerprint density at radius 3 is 2.35 bits per heavy atom. The number of fused-ring (bicyclic) bond motifs is 1. The minimum absolute atomic E-state index is 0.0488. The number of methoxy groups -OCH3 is 2. The van der Waals surface area contributed by atoms with Crippen LogP contribution in [0.2, 0.25) is 0 Å². The van der Waals surface area contributed by atoms with Gasteiger partial charge in [0.2, 0.25) is 0 Å². The second kappa shape index (κ2) is 8.52. The van der Waals surface area contributed by atoms with Gasteiger partial charge in [-0.3, -0.25) is 9.59 Å². The smallest absolute Gasteiger partial charge is 0.180 e. The molecule has 7 atom stereocenters. The Bertz CT molecular complexity index is 878. The average Bonchev–Trinajstić information content (AvgIpc) is 3.06. The first-order valence-electron chi connectivity index (χ1n) is 11.1. The Morgan fingerprint density at radius 2 is 1.74 bits per heavy atom. The zero-order chi connectivity index (χ0) is 22.6. The number of ether oxygens (including phenoxy) is 3. The van der Waals surface area contributed by atoms with E-state index in [4.69, 9.17) is 25.8 Å². The third-order valence-corrected chi connectivity index (χ3v) is 10.6. The number of Topliss-reactive ketones (excluding diaryl/α,β-unsaturated/α-hetero) is 1. The number of rotatable bonds is 4. The van der Waals surface area contributed by atoms with Crippen LogP contribution in [-0.2, 0) is 33.6 Å². The minimum atomic E-state index is -3.90. The van der Waals surface area contributed by atoms with E-state index < -0.39 is 56.2 Å². The average molecular weight is 475 g/mol. The van der Waals surface area contributed by atoms with Crippen LogP contribution >= 0.6 is 11.6 Å². The van der Waals surface area contributed by atoms with Crippen molar-refractivity contribution in [2.75, 3.05) is 14.2 Å². The van der Waals surface area contributed by atoms with E-state index in [1.807, 2.05) is 0 Å². The van der Waals surface area contributed by atoms with Gasteiger partial charge >= 0.3 is 0 Å². The van der Waals surface area contributed by atoms with E-state index in [2.05, 4.69) is 0 Å². The van der Waals surface area contributed by atoms with Crippen molar-refractivity contribution < 1.29 is 32.2 Å². The highest BCUT2D eigenvalue weighted by Crippen LogP contribution is 2.53. The monoisotopic (exact) mass is 474 g/mol. The van der Waals surface area contributed by atoms with Gasteiger partial charge in [-0.05, 0) is 18.9 Å². The molecule has 0 bridgehead atoms. The molecular formula is C22H31ClO7S. The maximum absolute atomic E-state index is 14.0. The summed E-state index contributed by atoms with van der Waals surface area (Å²) in [7, 11) is -0.839. The highest BCUT2D eigenvalue weighted by atomic mass is 35.5. The summed E-state index contributed by atoms with van der Waals surface area (Å²) in [5.74, 6) is -1.95. The summed E-state index contributed by atoms with van der Waals surface area (Å²) < 4.78 is 45.0. The highest BCUT2D eigenvalue weighted by Gasteiger charge is 2.68. The number of allylic oxidation sites excluding steroid dienone is 1. The van der Waals surface area contributed by atoms with E-state index in [1.165, 1.54) is 7.11 Å². The predicted octanol–water partition coefficient (Wildman–Crippen LogP) is 2.59. The van der Waals surface area contributed by atoms with Crippen LogP contribution in [0.4, 0.5) is 0 Å². The maximum Gasteiger partial charge on any atom is 0.180 e. The molecule has 0 aromatic heterocycles. The molecule has 1 saturated heterocycles. The van der Waals surface area contributed by atoms with Gasteiger partial charge in [0.1, 0.15) is 0 Å². The molecule has 3 fully saturated rings. The Kier molecular flexibility index (Phi) is 6.42. The lowest BCUT2D eigenvalue weighted by Crippen LogP contribution is -2.53. The number of halogens is 1. The molecule has 0 N–H and O–H groups in total. The zero-order valence-corrected chi connectivity index (χ0v) is 19.8. The highest BCUT2D eigenvalue weighted by molar-refractivity contribution is 7.96. The largest absolute Gasteiger partial charge is 0.380 e. The number of carbonyl (C=O) groups is 2. The van der Waals surface area contributed by atoms with Gasteiger partial charge < -0.3 is 14.2 Å². The molecule has 1 spiro atoms. The van der Waals surface area contributed by atoms with E-state index in [0.29, 0.717) is 19.3 Å². The topological polar surface area (TPSA) is 96.0 Å². The molecule has 174 valence electrons. The normalized spacial score (nSPS) is 42.0. The van der Waals surface area contributed by atoms with Crippen LogP contribution in [0.5, 0.6) is 0 Å². The standard InChI is InChI=1S/C22H31ClO7S/c1-12-9-13(24)10-17(31(26,27)14-7-5-4-6-8-14)22(12)21(25)18-15(28-2)11-16(29-3)19(23)20(18)30-22/h10,12,14-16,18-20H,4-9,11H2,1-3H3/t12-,15?,16?,18?,19?,20?,22+/m1/s1. The first kappa shape index (κ1) is 23.4. The molecule has 0 radical (unpaired) electrons. The Morgan fingerprint density at radius 1 is 1.10 bits per heavy atom. The van der Waals surface area contributed by atoms with Crippen molar-refractivity contribution in [3.63, 3.8) is 0 Å². The summed E-state index contributed by atoms with van der Waals surface area (Å²) in [6.07, 6.45) is 3.66. The molecule has 4 aliphatic rings. The molecule has 2 saturated carbocycles. The third kappa shape index (κ3) is 3.53. The second-order valence-electron chi connectivity index (χ2n) is 9.32. The molecule has 31 heavy (non-hydrogen) atoms. The fourth-order valence-corrected chi connectivity index (χ4v) is 8.76. The van der Waals surface area contributed by atoms with Gasteiger partial charge in [-0.15, -0.1) is 11.6 Å². The van der Waals surface area contributed by atoms with Crippen molar-refractivity contribution in [3.8, 4) is 0 Å². The maximum atomic E-state index is 14.0. The van der Waals surface area contributed by atoms with Crippen molar-refractivity contribution in [1.29, 1.82) is 0 Å². The minimum Gasteiger partial charge on any atom is -0.380 e. The Labute approximate surface area is 188 Å². The SMILES string of the molecule is COC1CC(OC)C2C(=O)[C@@]3(OC2C1Cl)C(S(=O)(=O)C1CCCCC1)=CC(=O)C[C@H]3C. The molecule has 1 heterocycles. The van der Waals surface area contributed by atoms with Gasteiger partial charge in [-0.1, -0.05) is 26.2 Å². The van der Waals surface area contributed by atoms with Gasteiger partial charge in [-0.25, -0.2) is 8.42 Å². The number of ketones is 2. The lowest BCUT2D eigenvalue weighted by atomic mass is 9.72. The van der Waals surface area contributed by atoms with E-state index in [9.17, 15) is 18.0 Å². The number of hydrogen-bond donors (Lipinski definition) is 0. The summed E-state index contributed by atoms with van der Waals surface area (Å²) in [6.45, 7) is 1.72. The molecule has 5 unspecified atom stereocenters. The molecule has 3 aliphatic carbocycles. The summed E-state index contributed by atoms with van der Waals surface area (Å²) in [6, 6.07) is 0. The van der Waals surface area contributed by atoms with E-state index in [1.54, 1.807) is 14.0 Å². The van der Waals surface area contributed by atoms with Crippen molar-refractivity contribution in [1.82, 2.24) is 0 Å². The molecule has 7 nitrogen and oxygen atoms in total. The quantitative estimate of drug-likeness (QED) is 0.578. The fourth-order valence-electron chi connectivity index (χ4n) is 5.96. The molecule has 0 aromatic carbocycles. The van der Waals surface area contributed by atoms with Crippen molar-refractivity contribution in [2.45, 2.75) is 86.4 Å². The number of sulfone groups is 1. The van der Waals surface area contributed by atoms with Crippen LogP contribution in [0.1, 0.15) is 51.9 Å². The molecular weight excluding hydrogens is 444 g/mol. The number of alkyl halides is 1. The van der Waals surface area contributed by atoms with Gasteiger partial charge in [0.15, 0.2) is 27.0 Å². The lowest BCUT2D eigenvalue weighted by molar-refractivity contribution is -0.137. The van der Waals surface area contributed by atoms with Crippen LogP contribution in [0.15, 0.2) is 11.0 Å². The van der Waals surface area contributed by atoms with E-state index in [0.717, 1.165) is 25.3 Å². The fraction of sp³-hybridized carbons (Fsp3) is 0.818. The Hall–Kier alpha value is -0.800. The van der Waals surface area contributed by atoms with Crippen LogP contribution in [0.25, 0.3) is 0 Å². The van der Waals surface area contributed by atoms with Crippen molar-refractivity contribution in [2.24, 2.45) is 11.8 Å². The third-order valence-electron chi connectivity index (χ3n) is 7.64. The van der Waals surface area contributed by atoms with Crippen LogP contribution in [-0.4, -0.2) is 68.7 Å². The molecule has 9 heteroatoms. The molecule has 0 amide bonds. The summed E-state index contributed by atoms with van der Waals surface area (Å²) >= 11 is 6.67. The summed E-state index contributed by atoms with van der Waals surface area (Å²) in [4.78, 5) is 26.3. The molecule has 0 aromatic rings. The van der Waals surface area contributed by atoms with Crippen molar-refractivity contribution in [3.05, 3.63) is 11.0 Å². The van der Waals surface area contributed by atoms with Gasteiger partial charge in [0.25, 0.3) is 0 Å². The zero-order valence-electron chi connectivity index (χ0n) is 18.2. The lowest BCUT2D eigenvalue weighted by Gasteiger charge is -2.40. The number of hydrogen-bond acceptors (Lipinski definition) is 7. The first-order chi connectivity index (χ1) is 14.7. The predicted molar refractivity (Wildman–Crippen MR) is 115 cm³/mol. The molecule has 1 aliphatic heterocycles. The summed E-state index contributed by atoms with van der Waals surface area (Å²) in [5, 5.41) is -1.23. The van der Waals surface area contributed by atoms with Crippen LogP contribution < -0.4 is 0 Å². The van der Waals surface area contributed by atoms with E-state index >= 15 is 0 Å². The Balaban J connectivity index is 1.82. The second-order valence-corrected chi connectivity index (χ2v) is 12.0. The van der Waals surface area contributed by atoms with Gasteiger partial charge in [0, 0.05) is 33.0 Å². The first-order valence-corrected chi connectivity index (χ1v) is 13.1. The van der Waals surface area contributed by atoms with E-state index in [-0.39, 0.29) is 22.9 Å². The van der Waals surface area contributed by atoms with Gasteiger partial charge in [-0.2, -0.15) is 0 Å². The van der Waals surface area contributed by atoms with Crippen LogP contribution in [0.3, 0.4) is 0 Å². The molecule has 4 rings (SSSR count). The van der Waals surface area contributed by atoms with Gasteiger partial charge in [0.05, 0.1) is 39.8 Å². The van der Waals surface area contributed by atoms with Crippen molar-refractivity contribution >= 4 is 33.0 Å². The van der Waals surface area contributed by atoms with Crippen LogP contribution in [0, 0.1) is 11.8 Å². The summed E-state index contributed by atoms with van der Waals surface area (Å²) in [5.41, 5.74) is -1.70.